The van der Waals surface area contributed by atoms with Crippen LogP contribution in [0.5, 0.6) is 0 Å². The summed E-state index contributed by atoms with van der Waals surface area (Å²) in [6, 6.07) is 21.7. The van der Waals surface area contributed by atoms with E-state index in [-0.39, 0.29) is 23.4 Å². The highest BCUT2D eigenvalue weighted by atomic mass is 32.2. The van der Waals surface area contributed by atoms with Crippen LogP contribution in [0.1, 0.15) is 55.0 Å². The summed E-state index contributed by atoms with van der Waals surface area (Å²) in [5, 5.41) is 2.93. The zero-order chi connectivity index (χ0) is 24.2. The first-order chi connectivity index (χ1) is 15.6. The average molecular weight is 465 g/mol. The van der Waals surface area contributed by atoms with E-state index in [4.69, 9.17) is 0 Å². The van der Waals surface area contributed by atoms with E-state index in [2.05, 4.69) is 19.2 Å². The van der Waals surface area contributed by atoms with Gasteiger partial charge < -0.3 is 5.32 Å². The van der Waals surface area contributed by atoms with Gasteiger partial charge in [0.1, 0.15) is 6.54 Å². The van der Waals surface area contributed by atoms with Gasteiger partial charge in [0.2, 0.25) is 5.91 Å². The molecule has 3 aromatic rings. The molecule has 5 nitrogen and oxygen atoms in total. The minimum atomic E-state index is -3.93. The Morgan fingerprint density at radius 3 is 1.79 bits per heavy atom. The van der Waals surface area contributed by atoms with Gasteiger partial charge in [0.25, 0.3) is 10.0 Å². The molecule has 0 heterocycles. The van der Waals surface area contributed by atoms with Crippen LogP contribution < -0.4 is 9.62 Å². The van der Waals surface area contributed by atoms with Crippen molar-refractivity contribution in [2.45, 2.75) is 51.5 Å². The van der Waals surface area contributed by atoms with Gasteiger partial charge in [-0.25, -0.2) is 8.42 Å². The zero-order valence-electron chi connectivity index (χ0n) is 19.9. The second kappa shape index (κ2) is 10.2. The number of hydrogen-bond acceptors (Lipinski definition) is 3. The van der Waals surface area contributed by atoms with Gasteiger partial charge >= 0.3 is 0 Å². The van der Waals surface area contributed by atoms with Crippen molar-refractivity contribution >= 4 is 21.6 Å². The Kier molecular flexibility index (Phi) is 7.59. The summed E-state index contributed by atoms with van der Waals surface area (Å²) in [6.45, 7) is 9.64. The first-order valence-corrected chi connectivity index (χ1v) is 12.6. The molecule has 0 spiro atoms. The Morgan fingerprint density at radius 1 is 0.788 bits per heavy atom. The monoisotopic (exact) mass is 464 g/mol. The molecule has 0 saturated carbocycles. The van der Waals surface area contributed by atoms with Crippen molar-refractivity contribution in [3.05, 3.63) is 95.1 Å². The van der Waals surface area contributed by atoms with E-state index in [1.807, 2.05) is 57.2 Å². The highest BCUT2D eigenvalue weighted by Gasteiger charge is 2.27. The number of sulfonamides is 1. The lowest BCUT2D eigenvalue weighted by Crippen LogP contribution is -2.41. The molecule has 3 rings (SSSR count). The first kappa shape index (κ1) is 24.5. The molecule has 0 aliphatic carbocycles. The highest BCUT2D eigenvalue weighted by molar-refractivity contribution is 7.92. The van der Waals surface area contributed by atoms with Crippen LogP contribution in [0, 0.1) is 13.8 Å². The maximum Gasteiger partial charge on any atom is 0.264 e. The Hall–Kier alpha value is -3.12. The van der Waals surface area contributed by atoms with Gasteiger partial charge in [-0.05, 0) is 62.1 Å². The van der Waals surface area contributed by atoms with Crippen LogP contribution in [-0.2, 0) is 14.8 Å². The number of carbonyl (C=O) groups is 1. The number of aryl methyl sites for hydroxylation is 2. The lowest BCUT2D eigenvalue weighted by Gasteiger charge is -2.25. The van der Waals surface area contributed by atoms with E-state index < -0.39 is 10.0 Å². The molecule has 1 atom stereocenters. The minimum absolute atomic E-state index is 0.153. The zero-order valence-corrected chi connectivity index (χ0v) is 20.7. The molecule has 0 aliphatic heterocycles. The summed E-state index contributed by atoms with van der Waals surface area (Å²) < 4.78 is 28.3. The third-order valence-electron chi connectivity index (χ3n) is 5.70. The number of amides is 1. The number of nitrogens with one attached hydrogen (secondary N) is 1. The minimum Gasteiger partial charge on any atom is -0.348 e. The molecule has 0 aliphatic rings. The summed E-state index contributed by atoms with van der Waals surface area (Å²) in [7, 11) is -3.93. The molecule has 174 valence electrons. The van der Waals surface area contributed by atoms with Crippen molar-refractivity contribution in [1.29, 1.82) is 0 Å². The number of carbonyl (C=O) groups excluding carboxylic acids is 1. The molecule has 3 aromatic carbocycles. The topological polar surface area (TPSA) is 66.5 Å². The molecule has 1 amide bonds. The Labute approximate surface area is 197 Å². The molecular weight excluding hydrogens is 432 g/mol. The Bertz CT molecular complexity index is 1180. The van der Waals surface area contributed by atoms with E-state index in [1.165, 1.54) is 4.31 Å². The van der Waals surface area contributed by atoms with Crippen molar-refractivity contribution in [2.24, 2.45) is 0 Å². The number of benzene rings is 3. The maximum absolute atomic E-state index is 13.5. The fourth-order valence-electron chi connectivity index (χ4n) is 3.53. The maximum atomic E-state index is 13.5. The van der Waals surface area contributed by atoms with Gasteiger partial charge in [-0.2, -0.15) is 0 Å². The lowest BCUT2D eigenvalue weighted by molar-refractivity contribution is -0.120. The molecule has 0 bridgehead atoms. The summed E-state index contributed by atoms with van der Waals surface area (Å²) in [5.41, 5.74) is 4.62. The highest BCUT2D eigenvalue weighted by Crippen LogP contribution is 2.26. The van der Waals surface area contributed by atoms with Crippen molar-refractivity contribution in [2.75, 3.05) is 10.8 Å². The smallest absolute Gasteiger partial charge is 0.264 e. The van der Waals surface area contributed by atoms with Gasteiger partial charge in [0, 0.05) is 0 Å². The van der Waals surface area contributed by atoms with Gasteiger partial charge in [-0.3, -0.25) is 9.10 Å². The van der Waals surface area contributed by atoms with Crippen LogP contribution in [0.15, 0.2) is 77.7 Å². The molecule has 0 saturated heterocycles. The summed E-state index contributed by atoms with van der Waals surface area (Å²) >= 11 is 0. The summed E-state index contributed by atoms with van der Waals surface area (Å²) in [6.07, 6.45) is 0. The molecule has 0 unspecified atom stereocenters. The van der Waals surface area contributed by atoms with Gasteiger partial charge in [-0.15, -0.1) is 0 Å². The molecule has 0 radical (unpaired) electrons. The molecule has 1 N–H and O–H groups in total. The van der Waals surface area contributed by atoms with Gasteiger partial charge in [0.05, 0.1) is 16.6 Å². The van der Waals surface area contributed by atoms with Crippen molar-refractivity contribution < 1.29 is 13.2 Å². The van der Waals surface area contributed by atoms with Crippen LogP contribution in [0.2, 0.25) is 0 Å². The van der Waals surface area contributed by atoms with Crippen LogP contribution in [0.3, 0.4) is 0 Å². The summed E-state index contributed by atoms with van der Waals surface area (Å²) in [4.78, 5) is 13.1. The van der Waals surface area contributed by atoms with Crippen LogP contribution >= 0.6 is 0 Å². The van der Waals surface area contributed by atoms with Crippen LogP contribution in [0.4, 0.5) is 5.69 Å². The predicted molar refractivity (Wildman–Crippen MR) is 134 cm³/mol. The average Bonchev–Trinajstić information content (AvgIpc) is 2.78. The van der Waals surface area contributed by atoms with Crippen molar-refractivity contribution in [1.82, 2.24) is 5.32 Å². The third-order valence-corrected chi connectivity index (χ3v) is 7.49. The summed E-state index contributed by atoms with van der Waals surface area (Å²) in [5.74, 6) is -0.0495. The molecule has 33 heavy (non-hydrogen) atoms. The van der Waals surface area contributed by atoms with E-state index in [0.717, 1.165) is 22.3 Å². The largest absolute Gasteiger partial charge is 0.348 e. The fraction of sp³-hybridized carbons (Fsp3) is 0.296. The van der Waals surface area contributed by atoms with Crippen LogP contribution in [-0.4, -0.2) is 20.9 Å². The number of anilines is 1. The standard InChI is InChI=1S/C27H32N2O3S/c1-19(2)23-12-14-25(15-13-23)29(33(31,32)26-16-8-21(4)9-17-26)18-27(30)28-22(5)24-10-6-20(3)7-11-24/h6-17,19,22H,18H2,1-5H3,(H,28,30)/t22-/m1/s1. The normalized spacial score (nSPS) is 12.4. The van der Waals surface area contributed by atoms with E-state index in [0.29, 0.717) is 11.6 Å². The quantitative estimate of drug-likeness (QED) is 0.479. The predicted octanol–water partition coefficient (Wildman–Crippen LogP) is 5.50. The second-order valence-corrected chi connectivity index (χ2v) is 10.6. The lowest BCUT2D eigenvalue weighted by atomic mass is 10.0. The van der Waals surface area contributed by atoms with Crippen molar-refractivity contribution in [3.8, 4) is 0 Å². The molecule has 6 heteroatoms. The molecule has 0 aromatic heterocycles. The van der Waals surface area contributed by atoms with Crippen molar-refractivity contribution in [3.63, 3.8) is 0 Å². The first-order valence-electron chi connectivity index (χ1n) is 11.1. The van der Waals surface area contributed by atoms with Gasteiger partial charge in [0.15, 0.2) is 0 Å². The van der Waals surface area contributed by atoms with E-state index in [9.17, 15) is 13.2 Å². The SMILES string of the molecule is Cc1ccc([C@@H](C)NC(=O)CN(c2ccc(C(C)C)cc2)S(=O)(=O)c2ccc(C)cc2)cc1. The number of rotatable bonds is 8. The Balaban J connectivity index is 1.90. The van der Waals surface area contributed by atoms with E-state index in [1.54, 1.807) is 36.4 Å². The molecule has 0 fully saturated rings. The van der Waals surface area contributed by atoms with E-state index >= 15 is 0 Å². The van der Waals surface area contributed by atoms with Crippen LogP contribution in [0.25, 0.3) is 0 Å². The molecular formula is C27H32N2O3S. The third kappa shape index (κ3) is 6.02. The number of nitrogens with zero attached hydrogens (tertiary/aromatic N) is 1. The number of hydrogen-bond donors (Lipinski definition) is 1. The van der Waals surface area contributed by atoms with Gasteiger partial charge in [-0.1, -0.05) is 73.5 Å². The second-order valence-electron chi connectivity index (χ2n) is 8.77. The fourth-order valence-corrected chi connectivity index (χ4v) is 4.95. The Morgan fingerprint density at radius 2 is 1.27 bits per heavy atom.